The third-order valence-corrected chi connectivity index (χ3v) is 6.01. The minimum Gasteiger partial charge on any atom is -0.486 e. The molecule has 0 aliphatic carbocycles. The average molecular weight is 471 g/mol. The van der Waals surface area contributed by atoms with Crippen molar-refractivity contribution in [2.24, 2.45) is 0 Å². The Morgan fingerprint density at radius 2 is 1.77 bits per heavy atom. The van der Waals surface area contributed by atoms with Crippen LogP contribution in [0.2, 0.25) is 10.0 Å². The number of halogens is 3. The van der Waals surface area contributed by atoms with Crippen molar-refractivity contribution in [2.45, 2.75) is 26.9 Å². The summed E-state index contributed by atoms with van der Waals surface area (Å²) in [5.41, 5.74) is 2.56. The van der Waals surface area contributed by atoms with E-state index in [2.05, 4.69) is 6.58 Å². The highest BCUT2D eigenvalue weighted by Crippen LogP contribution is 2.36. The van der Waals surface area contributed by atoms with Crippen molar-refractivity contribution in [2.75, 3.05) is 0 Å². The van der Waals surface area contributed by atoms with Gasteiger partial charge in [0.05, 0.1) is 10.3 Å². The molecule has 0 saturated heterocycles. The van der Waals surface area contributed by atoms with Gasteiger partial charge in [0, 0.05) is 10.6 Å². The molecule has 0 fully saturated rings. The maximum atomic E-state index is 13.9. The van der Waals surface area contributed by atoms with Crippen LogP contribution in [0, 0.1) is 5.82 Å². The molecule has 0 unspecified atom stereocenters. The van der Waals surface area contributed by atoms with E-state index in [1.807, 2.05) is 13.8 Å². The smallest absolute Gasteiger partial charge is 0.356 e. The number of allylic oxidation sites excluding steroid dienone is 4. The van der Waals surface area contributed by atoms with Crippen molar-refractivity contribution in [1.29, 1.82) is 0 Å². The fraction of sp³-hybridized carbons (Fsp3) is 0.182. The van der Waals surface area contributed by atoms with E-state index in [0.717, 1.165) is 5.57 Å². The van der Waals surface area contributed by atoms with Gasteiger partial charge in [0.15, 0.2) is 0 Å². The first-order chi connectivity index (χ1) is 14.0. The lowest BCUT2D eigenvalue weighted by Gasteiger charge is -2.20. The Balaban J connectivity index is 2.39. The zero-order chi connectivity index (χ0) is 22.6. The molecule has 2 aromatic carbocycles. The number of hydrogen-bond donors (Lipinski definition) is 2. The maximum absolute atomic E-state index is 13.9. The lowest BCUT2D eigenvalue weighted by molar-refractivity contribution is 0.140. The molecule has 30 heavy (non-hydrogen) atoms. The molecule has 0 saturated carbocycles. The predicted octanol–water partition coefficient (Wildman–Crippen LogP) is 6.58. The van der Waals surface area contributed by atoms with E-state index < -0.39 is 19.5 Å². The SMILES string of the molecule is C=C/C(=C\C(O[C@H](C)c1c(Cl)ccc(F)c1Cl)=C(C)C)c1ccc(P(=O)(O)O)cc1. The molecule has 0 spiro atoms. The van der Waals surface area contributed by atoms with Gasteiger partial charge in [0.2, 0.25) is 0 Å². The van der Waals surface area contributed by atoms with Crippen LogP contribution < -0.4 is 5.30 Å². The van der Waals surface area contributed by atoms with Crippen molar-refractivity contribution in [3.05, 3.63) is 93.5 Å². The molecule has 0 heterocycles. The number of ether oxygens (including phenoxy) is 1. The molecule has 0 amide bonds. The monoisotopic (exact) mass is 470 g/mol. The highest BCUT2D eigenvalue weighted by molar-refractivity contribution is 7.60. The summed E-state index contributed by atoms with van der Waals surface area (Å²) >= 11 is 12.3. The minimum absolute atomic E-state index is 0.0719. The lowest BCUT2D eigenvalue weighted by Crippen LogP contribution is -2.04. The van der Waals surface area contributed by atoms with Crippen LogP contribution in [0.25, 0.3) is 5.57 Å². The van der Waals surface area contributed by atoms with E-state index in [9.17, 15) is 18.7 Å². The quantitative estimate of drug-likeness (QED) is 0.207. The molecule has 160 valence electrons. The molecule has 8 heteroatoms. The highest BCUT2D eigenvalue weighted by Gasteiger charge is 2.20. The van der Waals surface area contributed by atoms with Gasteiger partial charge in [-0.05, 0) is 67.8 Å². The van der Waals surface area contributed by atoms with E-state index in [1.54, 1.807) is 31.2 Å². The Morgan fingerprint density at radius 3 is 2.27 bits per heavy atom. The Hall–Kier alpha value is -1.88. The molecule has 0 radical (unpaired) electrons. The Kier molecular flexibility index (Phi) is 8.09. The molecule has 2 N–H and O–H groups in total. The van der Waals surface area contributed by atoms with Crippen molar-refractivity contribution >= 4 is 41.7 Å². The Labute approximate surface area is 185 Å². The fourth-order valence-electron chi connectivity index (χ4n) is 2.71. The van der Waals surface area contributed by atoms with Gasteiger partial charge >= 0.3 is 7.60 Å². The first-order valence-corrected chi connectivity index (χ1v) is 11.3. The number of benzene rings is 2. The van der Waals surface area contributed by atoms with Crippen molar-refractivity contribution in [3.63, 3.8) is 0 Å². The van der Waals surface area contributed by atoms with Crippen LogP contribution in [0.1, 0.15) is 38.0 Å². The topological polar surface area (TPSA) is 66.8 Å². The fourth-order valence-corrected chi connectivity index (χ4v) is 3.93. The first-order valence-electron chi connectivity index (χ1n) is 8.94. The Morgan fingerprint density at radius 1 is 1.17 bits per heavy atom. The van der Waals surface area contributed by atoms with Gasteiger partial charge in [-0.25, -0.2) is 4.39 Å². The van der Waals surface area contributed by atoms with Crippen LogP contribution in [0.15, 0.2) is 66.5 Å². The van der Waals surface area contributed by atoms with Gasteiger partial charge in [-0.15, -0.1) is 0 Å². The minimum atomic E-state index is -4.32. The third-order valence-electron chi connectivity index (χ3n) is 4.33. The summed E-state index contributed by atoms with van der Waals surface area (Å²) in [5.74, 6) is -0.0782. The predicted molar refractivity (Wildman–Crippen MR) is 121 cm³/mol. The summed E-state index contributed by atoms with van der Waals surface area (Å²) in [6, 6.07) is 8.53. The van der Waals surface area contributed by atoms with Crippen LogP contribution in [-0.4, -0.2) is 9.79 Å². The second-order valence-electron chi connectivity index (χ2n) is 6.78. The van der Waals surface area contributed by atoms with Crippen LogP contribution >= 0.6 is 30.8 Å². The normalized spacial score (nSPS) is 13.0. The van der Waals surface area contributed by atoms with Crippen molar-refractivity contribution in [1.82, 2.24) is 0 Å². The average Bonchev–Trinajstić information content (AvgIpc) is 2.67. The summed E-state index contributed by atoms with van der Waals surface area (Å²) in [6.45, 7) is 9.22. The van der Waals surface area contributed by atoms with Crippen LogP contribution in [0.5, 0.6) is 0 Å². The van der Waals surface area contributed by atoms with Gasteiger partial charge in [-0.3, -0.25) is 4.57 Å². The summed E-state index contributed by atoms with van der Waals surface area (Å²) in [5, 5.41) is 0.129. The van der Waals surface area contributed by atoms with Crippen LogP contribution in [0.4, 0.5) is 4.39 Å². The zero-order valence-electron chi connectivity index (χ0n) is 16.7. The third kappa shape index (κ3) is 5.84. The summed E-state index contributed by atoms with van der Waals surface area (Å²) in [7, 11) is -4.32. The number of hydrogen-bond acceptors (Lipinski definition) is 2. The molecule has 4 nitrogen and oxygen atoms in total. The molecule has 0 aliphatic rings. The second-order valence-corrected chi connectivity index (χ2v) is 9.17. The molecular weight excluding hydrogens is 449 g/mol. The number of rotatable bonds is 7. The van der Waals surface area contributed by atoms with Crippen molar-refractivity contribution in [3.8, 4) is 0 Å². The van der Waals surface area contributed by atoms with E-state index in [0.29, 0.717) is 27.5 Å². The lowest BCUT2D eigenvalue weighted by atomic mass is 10.0. The van der Waals surface area contributed by atoms with Gasteiger partial charge < -0.3 is 14.5 Å². The van der Waals surface area contributed by atoms with Crippen LogP contribution in [-0.2, 0) is 9.30 Å². The van der Waals surface area contributed by atoms with Gasteiger partial charge in [-0.2, -0.15) is 0 Å². The van der Waals surface area contributed by atoms with Crippen molar-refractivity contribution < 1.29 is 23.5 Å². The second kappa shape index (κ2) is 9.95. The van der Waals surface area contributed by atoms with E-state index in [-0.39, 0.29) is 10.3 Å². The van der Waals surface area contributed by atoms with E-state index in [4.69, 9.17) is 27.9 Å². The first kappa shape index (κ1) is 24.4. The maximum Gasteiger partial charge on any atom is 0.356 e. The molecule has 2 rings (SSSR count). The highest BCUT2D eigenvalue weighted by atomic mass is 35.5. The summed E-state index contributed by atoms with van der Waals surface area (Å²) in [6.07, 6.45) is 2.71. The molecule has 0 aliphatic heterocycles. The molecular formula is C22H22Cl2FO4P. The molecule has 1 atom stereocenters. The van der Waals surface area contributed by atoms with Gasteiger partial charge in [0.25, 0.3) is 0 Å². The zero-order valence-corrected chi connectivity index (χ0v) is 19.1. The van der Waals surface area contributed by atoms with E-state index >= 15 is 0 Å². The van der Waals surface area contributed by atoms with Crippen LogP contribution in [0.3, 0.4) is 0 Å². The van der Waals surface area contributed by atoms with Gasteiger partial charge in [-0.1, -0.05) is 48.0 Å². The largest absolute Gasteiger partial charge is 0.486 e. The summed E-state index contributed by atoms with van der Waals surface area (Å²) < 4.78 is 31.3. The Bertz CT molecular complexity index is 1050. The molecule has 0 aromatic heterocycles. The summed E-state index contributed by atoms with van der Waals surface area (Å²) in [4.78, 5) is 18.5. The molecule has 2 aromatic rings. The standard InChI is InChI=1S/C22H22Cl2FO4P/c1-5-15(16-6-8-17(9-7-16)30(26,27)28)12-20(13(2)3)29-14(4)21-18(23)10-11-19(25)22(21)24/h5-12,14H,1H2,2-4H3,(H2,26,27,28)/b15-12+/t14-/m1/s1. The molecule has 0 bridgehead atoms. The van der Waals surface area contributed by atoms with E-state index in [1.165, 1.54) is 24.3 Å². The van der Waals surface area contributed by atoms with Gasteiger partial charge in [0.1, 0.15) is 17.7 Å².